The standard InChI is InChI=1S/C19H22N4O/c1-14(2)22-18(16-11-7-4-8-12-16)13-17(21-23(22)19(20)24)15-9-5-3-6-10-15/h3-12,14,18H,13H2,1-2H3,(H2,20,24). The number of hydrogen-bond donors (Lipinski definition) is 1. The molecule has 2 aromatic carbocycles. The molecule has 0 fully saturated rings. The van der Waals surface area contributed by atoms with Gasteiger partial charge >= 0.3 is 6.03 Å². The fourth-order valence-electron chi connectivity index (χ4n) is 3.11. The summed E-state index contributed by atoms with van der Waals surface area (Å²) < 4.78 is 0. The third-order valence-electron chi connectivity index (χ3n) is 4.16. The molecule has 1 heterocycles. The summed E-state index contributed by atoms with van der Waals surface area (Å²) in [5.41, 5.74) is 8.62. The number of primary amides is 1. The average molecular weight is 322 g/mol. The van der Waals surface area contributed by atoms with Crippen molar-refractivity contribution in [1.82, 2.24) is 10.1 Å². The highest BCUT2D eigenvalue weighted by Crippen LogP contribution is 2.33. The zero-order valence-corrected chi connectivity index (χ0v) is 14.0. The zero-order valence-electron chi connectivity index (χ0n) is 14.0. The predicted molar refractivity (Wildman–Crippen MR) is 95.2 cm³/mol. The van der Waals surface area contributed by atoms with E-state index in [1.807, 2.05) is 67.4 Å². The lowest BCUT2D eigenvalue weighted by atomic mass is 9.95. The van der Waals surface area contributed by atoms with Gasteiger partial charge in [0.2, 0.25) is 0 Å². The summed E-state index contributed by atoms with van der Waals surface area (Å²) in [4.78, 5) is 12.0. The third-order valence-corrected chi connectivity index (χ3v) is 4.16. The van der Waals surface area contributed by atoms with Gasteiger partial charge < -0.3 is 5.73 Å². The maximum absolute atomic E-state index is 12.0. The number of hydrogen-bond acceptors (Lipinski definition) is 3. The maximum Gasteiger partial charge on any atom is 0.350 e. The fourth-order valence-corrected chi connectivity index (χ4v) is 3.11. The van der Waals surface area contributed by atoms with E-state index in [9.17, 15) is 4.79 Å². The molecule has 3 rings (SSSR count). The van der Waals surface area contributed by atoms with Crippen molar-refractivity contribution in [3.05, 3.63) is 71.8 Å². The first-order valence-electron chi connectivity index (χ1n) is 8.13. The molecule has 1 aliphatic rings. The van der Waals surface area contributed by atoms with Crippen LogP contribution in [-0.4, -0.2) is 27.9 Å². The van der Waals surface area contributed by atoms with E-state index < -0.39 is 6.03 Å². The molecular weight excluding hydrogens is 300 g/mol. The normalized spacial score (nSPS) is 18.5. The van der Waals surface area contributed by atoms with Crippen LogP contribution in [0.25, 0.3) is 0 Å². The maximum atomic E-state index is 12.0. The second kappa shape index (κ2) is 6.84. The largest absolute Gasteiger partial charge is 0.350 e. The number of urea groups is 1. The second-order valence-electron chi connectivity index (χ2n) is 6.14. The molecular formula is C19H22N4O. The predicted octanol–water partition coefficient (Wildman–Crippen LogP) is 3.54. The van der Waals surface area contributed by atoms with E-state index in [0.29, 0.717) is 0 Å². The Kier molecular flexibility index (Phi) is 4.62. The second-order valence-corrected chi connectivity index (χ2v) is 6.14. The van der Waals surface area contributed by atoms with Gasteiger partial charge in [0.15, 0.2) is 0 Å². The van der Waals surface area contributed by atoms with Gasteiger partial charge in [-0.2, -0.15) is 10.1 Å². The SMILES string of the molecule is CC(C)N1C(c2ccccc2)CC(c2ccccc2)=NN1C(N)=O. The molecule has 2 amide bonds. The van der Waals surface area contributed by atoms with E-state index in [2.05, 4.69) is 17.2 Å². The molecule has 124 valence electrons. The van der Waals surface area contributed by atoms with E-state index >= 15 is 0 Å². The van der Waals surface area contributed by atoms with E-state index in [-0.39, 0.29) is 12.1 Å². The van der Waals surface area contributed by atoms with Crippen molar-refractivity contribution in [3.8, 4) is 0 Å². The van der Waals surface area contributed by atoms with E-state index in [1.165, 1.54) is 5.12 Å². The van der Waals surface area contributed by atoms with Crippen LogP contribution in [0.5, 0.6) is 0 Å². The zero-order chi connectivity index (χ0) is 17.1. The van der Waals surface area contributed by atoms with Crippen molar-refractivity contribution in [3.63, 3.8) is 0 Å². The highest BCUT2D eigenvalue weighted by molar-refractivity contribution is 6.01. The lowest BCUT2D eigenvalue weighted by molar-refractivity contribution is -0.0542. The molecule has 1 unspecified atom stereocenters. The lowest BCUT2D eigenvalue weighted by Crippen LogP contribution is -2.54. The van der Waals surface area contributed by atoms with Gasteiger partial charge in [0, 0.05) is 12.5 Å². The summed E-state index contributed by atoms with van der Waals surface area (Å²) in [6.45, 7) is 4.07. The highest BCUT2D eigenvalue weighted by Gasteiger charge is 2.36. The first-order valence-corrected chi connectivity index (χ1v) is 8.13. The summed E-state index contributed by atoms with van der Waals surface area (Å²) in [5.74, 6) is 0. The molecule has 0 radical (unpaired) electrons. The third kappa shape index (κ3) is 3.16. The summed E-state index contributed by atoms with van der Waals surface area (Å²) in [6.07, 6.45) is 0.718. The Hall–Kier alpha value is -2.66. The van der Waals surface area contributed by atoms with Gasteiger partial charge in [-0.3, -0.25) is 0 Å². The van der Waals surface area contributed by atoms with Crippen molar-refractivity contribution in [1.29, 1.82) is 0 Å². The van der Waals surface area contributed by atoms with Gasteiger partial charge in [-0.15, -0.1) is 5.12 Å². The molecule has 1 atom stereocenters. The van der Waals surface area contributed by atoms with Crippen LogP contribution < -0.4 is 5.73 Å². The van der Waals surface area contributed by atoms with Gasteiger partial charge in [0.25, 0.3) is 0 Å². The van der Waals surface area contributed by atoms with Crippen LogP contribution in [0.4, 0.5) is 4.79 Å². The number of carbonyl (C=O) groups excluding carboxylic acids is 1. The molecule has 5 heteroatoms. The van der Waals surface area contributed by atoms with Crippen molar-refractivity contribution in [2.75, 3.05) is 0 Å². The van der Waals surface area contributed by atoms with Gasteiger partial charge in [-0.1, -0.05) is 60.7 Å². The Balaban J connectivity index is 2.08. The van der Waals surface area contributed by atoms with Crippen LogP contribution >= 0.6 is 0 Å². The summed E-state index contributed by atoms with van der Waals surface area (Å²) in [7, 11) is 0. The van der Waals surface area contributed by atoms with Crippen molar-refractivity contribution >= 4 is 11.7 Å². The average Bonchev–Trinajstić information content (AvgIpc) is 2.62. The monoisotopic (exact) mass is 322 g/mol. The van der Waals surface area contributed by atoms with Crippen LogP contribution in [0.3, 0.4) is 0 Å². The molecule has 5 nitrogen and oxygen atoms in total. The summed E-state index contributed by atoms with van der Waals surface area (Å²) in [5, 5.41) is 7.79. The Labute approximate surface area is 142 Å². The van der Waals surface area contributed by atoms with Gasteiger partial charge in [0.05, 0.1) is 11.8 Å². The Morgan fingerprint density at radius 1 is 1.08 bits per heavy atom. The van der Waals surface area contributed by atoms with E-state index in [0.717, 1.165) is 23.3 Å². The molecule has 2 aromatic rings. The van der Waals surface area contributed by atoms with Crippen LogP contribution in [0, 0.1) is 0 Å². The molecule has 0 spiro atoms. The minimum Gasteiger partial charge on any atom is -0.349 e. The van der Waals surface area contributed by atoms with Crippen LogP contribution in [-0.2, 0) is 0 Å². The number of hydrazine groups is 1. The topological polar surface area (TPSA) is 61.9 Å². The highest BCUT2D eigenvalue weighted by atomic mass is 16.2. The minimum atomic E-state index is -0.572. The number of benzene rings is 2. The Bertz CT molecular complexity index is 728. The first kappa shape index (κ1) is 16.2. The molecule has 0 bridgehead atoms. The Morgan fingerprint density at radius 3 is 2.21 bits per heavy atom. The molecule has 0 aromatic heterocycles. The van der Waals surface area contributed by atoms with E-state index in [4.69, 9.17) is 5.73 Å². The van der Waals surface area contributed by atoms with Crippen molar-refractivity contribution in [2.24, 2.45) is 10.8 Å². The van der Waals surface area contributed by atoms with Crippen molar-refractivity contribution < 1.29 is 4.79 Å². The van der Waals surface area contributed by atoms with Gasteiger partial charge in [-0.25, -0.2) is 4.79 Å². The van der Waals surface area contributed by atoms with Crippen LogP contribution in [0.1, 0.15) is 37.4 Å². The summed E-state index contributed by atoms with van der Waals surface area (Å²) in [6, 6.07) is 19.6. The molecule has 24 heavy (non-hydrogen) atoms. The lowest BCUT2D eigenvalue weighted by Gasteiger charge is -2.43. The van der Waals surface area contributed by atoms with E-state index in [1.54, 1.807) is 0 Å². The molecule has 2 N–H and O–H groups in total. The molecule has 1 aliphatic heterocycles. The van der Waals surface area contributed by atoms with Gasteiger partial charge in [-0.05, 0) is 25.0 Å². The fraction of sp³-hybridized carbons (Fsp3) is 0.263. The number of nitrogens with two attached hydrogens (primary N) is 1. The minimum absolute atomic E-state index is 0.00593. The quantitative estimate of drug-likeness (QED) is 0.939. The number of nitrogens with zero attached hydrogens (tertiary/aromatic N) is 3. The molecule has 0 saturated carbocycles. The van der Waals surface area contributed by atoms with Crippen LogP contribution in [0.15, 0.2) is 65.8 Å². The number of amides is 2. The first-order chi connectivity index (χ1) is 11.6. The molecule has 0 saturated heterocycles. The molecule has 0 aliphatic carbocycles. The van der Waals surface area contributed by atoms with Crippen molar-refractivity contribution in [2.45, 2.75) is 32.4 Å². The Morgan fingerprint density at radius 2 is 1.67 bits per heavy atom. The van der Waals surface area contributed by atoms with Crippen LogP contribution in [0.2, 0.25) is 0 Å². The number of carbonyl (C=O) groups is 1. The smallest absolute Gasteiger partial charge is 0.349 e. The number of hydrazone groups is 1. The summed E-state index contributed by atoms with van der Waals surface area (Å²) >= 11 is 0. The van der Waals surface area contributed by atoms with Gasteiger partial charge in [0.1, 0.15) is 0 Å². The number of rotatable bonds is 3.